The zero-order valence-electron chi connectivity index (χ0n) is 12.4. The Bertz CT molecular complexity index is 348. The number of hydrogen-bond donors (Lipinski definition) is 0. The van der Waals surface area contributed by atoms with E-state index >= 15 is 0 Å². The van der Waals surface area contributed by atoms with Gasteiger partial charge in [0.2, 0.25) is 0 Å². The third-order valence-electron chi connectivity index (χ3n) is 3.29. The third kappa shape index (κ3) is 7.05. The van der Waals surface area contributed by atoms with Gasteiger partial charge in [-0.2, -0.15) is 0 Å². The fourth-order valence-electron chi connectivity index (χ4n) is 1.80. The van der Waals surface area contributed by atoms with Crippen LogP contribution in [0, 0.1) is 5.92 Å². The topological polar surface area (TPSA) is 0 Å². The van der Waals surface area contributed by atoms with Crippen molar-refractivity contribution in [2.24, 2.45) is 5.92 Å². The van der Waals surface area contributed by atoms with E-state index in [4.69, 9.17) is 0 Å². The van der Waals surface area contributed by atoms with Crippen molar-refractivity contribution in [3.8, 4) is 0 Å². The first-order valence-electron chi connectivity index (χ1n) is 6.87. The van der Waals surface area contributed by atoms with Gasteiger partial charge in [0.15, 0.2) is 0 Å². The van der Waals surface area contributed by atoms with Crippen LogP contribution in [0.5, 0.6) is 0 Å². The van der Waals surface area contributed by atoms with Crippen molar-refractivity contribution >= 4 is 15.9 Å². The van der Waals surface area contributed by atoms with E-state index in [-0.39, 0.29) is 10.1 Å². The quantitative estimate of drug-likeness (QED) is 0.436. The summed E-state index contributed by atoms with van der Waals surface area (Å²) in [6.07, 6.45) is 7.56. The van der Waals surface area contributed by atoms with Gasteiger partial charge in [0.05, 0.1) is 0 Å². The second kappa shape index (κ2) is 8.68. The molecule has 0 aromatic heterocycles. The van der Waals surface area contributed by atoms with Gasteiger partial charge in [-0.15, -0.1) is 0 Å². The Labute approximate surface area is 124 Å². The number of allylic oxidation sites excluding steroid dienone is 5. The zero-order chi connectivity index (χ0) is 15.1. The first-order chi connectivity index (χ1) is 8.73. The van der Waals surface area contributed by atoms with Crippen LogP contribution in [0.1, 0.15) is 53.4 Å². The minimum Gasteiger partial charge on any atom is -0.202 e. The SMILES string of the molecule is C=C(Br)/C(=C\C=C(\CCCC)C(C)CC)C(C)(F)F. The molecule has 0 heterocycles. The van der Waals surface area contributed by atoms with Crippen molar-refractivity contribution in [2.45, 2.75) is 59.3 Å². The van der Waals surface area contributed by atoms with Gasteiger partial charge in [-0.1, -0.05) is 67.4 Å². The summed E-state index contributed by atoms with van der Waals surface area (Å²) in [5.41, 5.74) is 1.18. The normalized spacial score (nSPS) is 15.5. The van der Waals surface area contributed by atoms with E-state index in [1.54, 1.807) is 0 Å². The average molecular weight is 335 g/mol. The molecule has 0 aliphatic rings. The van der Waals surface area contributed by atoms with E-state index in [1.165, 1.54) is 11.6 Å². The number of halogens is 3. The van der Waals surface area contributed by atoms with E-state index in [1.807, 2.05) is 6.08 Å². The van der Waals surface area contributed by atoms with Gasteiger partial charge in [-0.3, -0.25) is 0 Å². The van der Waals surface area contributed by atoms with Crippen molar-refractivity contribution in [2.75, 3.05) is 0 Å². The highest BCUT2D eigenvalue weighted by Gasteiger charge is 2.28. The fraction of sp³-hybridized carbons (Fsp3) is 0.625. The highest BCUT2D eigenvalue weighted by molar-refractivity contribution is 9.11. The predicted molar refractivity (Wildman–Crippen MR) is 83.8 cm³/mol. The summed E-state index contributed by atoms with van der Waals surface area (Å²) in [4.78, 5) is 0. The number of rotatable bonds is 8. The maximum atomic E-state index is 13.4. The van der Waals surface area contributed by atoms with Crippen LogP contribution in [0.2, 0.25) is 0 Å². The molecule has 0 radical (unpaired) electrons. The average Bonchev–Trinajstić information content (AvgIpc) is 2.30. The van der Waals surface area contributed by atoms with Crippen molar-refractivity contribution in [3.05, 3.63) is 34.4 Å². The van der Waals surface area contributed by atoms with E-state index in [9.17, 15) is 8.78 Å². The van der Waals surface area contributed by atoms with Crippen LogP contribution >= 0.6 is 15.9 Å². The van der Waals surface area contributed by atoms with Crippen molar-refractivity contribution in [1.82, 2.24) is 0 Å². The number of hydrogen-bond acceptors (Lipinski definition) is 0. The largest absolute Gasteiger partial charge is 0.271 e. The van der Waals surface area contributed by atoms with Crippen LogP contribution < -0.4 is 0 Å². The molecule has 0 fully saturated rings. The molecule has 0 bridgehead atoms. The van der Waals surface area contributed by atoms with Gasteiger partial charge in [-0.05, 0) is 25.2 Å². The van der Waals surface area contributed by atoms with Crippen molar-refractivity contribution < 1.29 is 8.78 Å². The van der Waals surface area contributed by atoms with Gasteiger partial charge in [0.1, 0.15) is 0 Å². The van der Waals surface area contributed by atoms with E-state index in [2.05, 4.69) is 43.3 Å². The van der Waals surface area contributed by atoms with Crippen LogP contribution in [0.4, 0.5) is 8.78 Å². The first kappa shape index (κ1) is 18.6. The summed E-state index contributed by atoms with van der Waals surface area (Å²) in [6.45, 7) is 10.9. The lowest BCUT2D eigenvalue weighted by Gasteiger charge is -2.16. The summed E-state index contributed by atoms with van der Waals surface area (Å²) in [5, 5.41) is 0. The summed E-state index contributed by atoms with van der Waals surface area (Å²) < 4.78 is 27.1. The van der Waals surface area contributed by atoms with Gasteiger partial charge >= 0.3 is 0 Å². The Morgan fingerprint density at radius 2 is 1.89 bits per heavy atom. The fourth-order valence-corrected chi connectivity index (χ4v) is 2.28. The van der Waals surface area contributed by atoms with E-state index in [0.29, 0.717) is 5.92 Å². The summed E-state index contributed by atoms with van der Waals surface area (Å²) >= 11 is 3.06. The molecule has 0 saturated carbocycles. The molecule has 0 amide bonds. The van der Waals surface area contributed by atoms with Gasteiger partial charge in [0.25, 0.3) is 5.92 Å². The Balaban J connectivity index is 5.24. The third-order valence-corrected chi connectivity index (χ3v) is 3.72. The molecule has 0 aromatic rings. The minimum absolute atomic E-state index is 0.0511. The molecular formula is C16H25BrF2. The lowest BCUT2D eigenvalue weighted by atomic mass is 9.93. The molecule has 110 valence electrons. The Hall–Kier alpha value is -0.440. The lowest BCUT2D eigenvalue weighted by molar-refractivity contribution is 0.0672. The molecule has 19 heavy (non-hydrogen) atoms. The predicted octanol–water partition coefficient (Wildman–Crippen LogP) is 6.64. The molecule has 0 spiro atoms. The molecule has 0 aliphatic carbocycles. The summed E-state index contributed by atoms with van der Waals surface area (Å²) in [5.74, 6) is -2.44. The Kier molecular flexibility index (Phi) is 8.47. The molecule has 0 saturated heterocycles. The molecule has 0 N–H and O–H groups in total. The maximum Gasteiger partial charge on any atom is 0.271 e. The van der Waals surface area contributed by atoms with E-state index < -0.39 is 5.92 Å². The molecule has 1 atom stereocenters. The molecule has 0 aromatic carbocycles. The molecule has 3 heteroatoms. The molecule has 0 rings (SSSR count). The summed E-state index contributed by atoms with van der Waals surface area (Å²) in [7, 11) is 0. The van der Waals surface area contributed by atoms with Crippen LogP contribution in [0.15, 0.2) is 34.4 Å². The summed E-state index contributed by atoms with van der Waals surface area (Å²) in [6, 6.07) is 0. The highest BCUT2D eigenvalue weighted by atomic mass is 79.9. The minimum atomic E-state index is -2.87. The van der Waals surface area contributed by atoms with Crippen LogP contribution in [-0.4, -0.2) is 5.92 Å². The maximum absolute atomic E-state index is 13.4. The number of alkyl halides is 2. The number of unbranched alkanes of at least 4 members (excludes halogenated alkanes) is 1. The van der Waals surface area contributed by atoms with Crippen LogP contribution in [-0.2, 0) is 0 Å². The van der Waals surface area contributed by atoms with Gasteiger partial charge in [-0.25, -0.2) is 8.78 Å². The van der Waals surface area contributed by atoms with E-state index in [0.717, 1.165) is 32.6 Å². The van der Waals surface area contributed by atoms with Crippen molar-refractivity contribution in [3.63, 3.8) is 0 Å². The van der Waals surface area contributed by atoms with Gasteiger partial charge < -0.3 is 0 Å². The first-order valence-corrected chi connectivity index (χ1v) is 7.67. The van der Waals surface area contributed by atoms with Crippen LogP contribution in [0.3, 0.4) is 0 Å². The second-order valence-electron chi connectivity index (χ2n) is 5.03. The smallest absolute Gasteiger partial charge is 0.202 e. The standard InChI is InChI=1S/C16H25BrF2/c1-6-8-9-14(12(3)7-2)10-11-15(13(4)17)16(5,18)19/h10-12H,4,6-9H2,1-3,5H3/b14-10-,15-11+. The molecule has 1 unspecified atom stereocenters. The lowest BCUT2D eigenvalue weighted by Crippen LogP contribution is -2.13. The van der Waals surface area contributed by atoms with Crippen LogP contribution in [0.25, 0.3) is 0 Å². The monoisotopic (exact) mass is 334 g/mol. The molecular weight excluding hydrogens is 310 g/mol. The Morgan fingerprint density at radius 1 is 1.32 bits per heavy atom. The zero-order valence-corrected chi connectivity index (χ0v) is 14.0. The van der Waals surface area contributed by atoms with Gasteiger partial charge in [0, 0.05) is 17.0 Å². The highest BCUT2D eigenvalue weighted by Crippen LogP contribution is 2.32. The molecule has 0 nitrogen and oxygen atoms in total. The second-order valence-corrected chi connectivity index (χ2v) is 5.99. The molecule has 0 aliphatic heterocycles. The van der Waals surface area contributed by atoms with Crippen molar-refractivity contribution in [1.29, 1.82) is 0 Å². The Morgan fingerprint density at radius 3 is 2.26 bits per heavy atom.